The second-order valence-electron chi connectivity index (χ2n) is 4.24. The molecule has 0 saturated carbocycles. The van der Waals surface area contributed by atoms with E-state index in [-0.39, 0.29) is 16.8 Å². The predicted octanol–water partition coefficient (Wildman–Crippen LogP) is 3.36. The molecule has 1 saturated heterocycles. The first-order valence-corrected chi connectivity index (χ1v) is 7.71. The maximum atomic E-state index is 9.71. The van der Waals surface area contributed by atoms with Crippen LogP contribution in [0.25, 0.3) is 0 Å². The van der Waals surface area contributed by atoms with Crippen LogP contribution in [0.15, 0.2) is 41.7 Å². The van der Waals surface area contributed by atoms with Crippen molar-refractivity contribution in [2.24, 2.45) is 0 Å². The van der Waals surface area contributed by atoms with Crippen LogP contribution in [0.3, 0.4) is 0 Å². The summed E-state index contributed by atoms with van der Waals surface area (Å²) in [6.45, 7) is 0.445. The van der Waals surface area contributed by atoms with Crippen LogP contribution in [0.5, 0.6) is 0 Å². The van der Waals surface area contributed by atoms with Crippen LogP contribution in [0, 0.1) is 0 Å². The molecule has 92 valence electrons. The summed E-state index contributed by atoms with van der Waals surface area (Å²) < 4.78 is 5.35. The molecule has 0 spiro atoms. The van der Waals surface area contributed by atoms with E-state index in [0.29, 0.717) is 6.61 Å². The van der Waals surface area contributed by atoms with Crippen LogP contribution in [0.1, 0.15) is 24.8 Å². The minimum atomic E-state index is 0.0964. The Labute approximate surface area is 106 Å². The van der Waals surface area contributed by atoms with E-state index < -0.39 is 0 Å². The van der Waals surface area contributed by atoms with E-state index in [1.165, 1.54) is 30.8 Å². The fourth-order valence-corrected chi connectivity index (χ4v) is 3.82. The minimum Gasteiger partial charge on any atom is -0.478 e. The molecule has 1 fully saturated rings. The summed E-state index contributed by atoms with van der Waals surface area (Å²) in [6.07, 6.45) is 3.90. The van der Waals surface area contributed by atoms with Gasteiger partial charge in [-0.3, -0.25) is 0 Å². The average Bonchev–Trinajstić information content (AvgIpc) is 2.39. The second-order valence-corrected chi connectivity index (χ2v) is 6.36. The van der Waals surface area contributed by atoms with E-state index in [2.05, 4.69) is 0 Å². The zero-order chi connectivity index (χ0) is 11.9. The van der Waals surface area contributed by atoms with Crippen molar-refractivity contribution in [2.45, 2.75) is 25.9 Å². The van der Waals surface area contributed by atoms with Gasteiger partial charge >= 0.3 is 5.95 Å². The normalized spacial score (nSPS) is 18.0. The Bertz CT molecular complexity index is 356. The monoisotopic (exact) mass is 251 g/mol. The van der Waals surface area contributed by atoms with E-state index in [1.54, 1.807) is 0 Å². The summed E-state index contributed by atoms with van der Waals surface area (Å²) in [7, 11) is 0.230. The van der Waals surface area contributed by atoms with Crippen LogP contribution >= 0.6 is 0 Å². The second kappa shape index (κ2) is 6.60. The highest BCUT2D eigenvalue weighted by molar-refractivity contribution is 7.99. The van der Waals surface area contributed by atoms with Gasteiger partial charge < -0.3 is 9.84 Å². The third-order valence-electron chi connectivity index (χ3n) is 2.81. The first-order chi connectivity index (χ1) is 8.34. The van der Waals surface area contributed by atoms with Crippen molar-refractivity contribution in [3.8, 4) is 0 Å². The molecule has 17 heavy (non-hydrogen) atoms. The van der Waals surface area contributed by atoms with Gasteiger partial charge in [-0.15, -0.1) is 0 Å². The lowest BCUT2D eigenvalue weighted by atomic mass is 10.2. The van der Waals surface area contributed by atoms with Gasteiger partial charge in [-0.25, -0.2) is 0 Å². The Hall–Kier alpha value is -1.09. The lowest BCUT2D eigenvalue weighted by Crippen LogP contribution is -2.15. The molecule has 1 heterocycles. The van der Waals surface area contributed by atoms with E-state index in [1.807, 2.05) is 35.7 Å². The van der Waals surface area contributed by atoms with E-state index >= 15 is 0 Å². The summed E-state index contributed by atoms with van der Waals surface area (Å²) in [5, 5.41) is 11.6. The minimum absolute atomic E-state index is 0.0964. The number of hydrogen-bond donors (Lipinski definition) is 1. The Morgan fingerprint density at radius 2 is 1.88 bits per heavy atom. The van der Waals surface area contributed by atoms with Gasteiger partial charge in [0.1, 0.15) is 18.1 Å². The van der Waals surface area contributed by atoms with Gasteiger partial charge in [-0.05, 0) is 24.8 Å². The lowest BCUT2D eigenvalue weighted by molar-refractivity contribution is 0.0839. The lowest BCUT2D eigenvalue weighted by Gasteiger charge is -2.10. The van der Waals surface area contributed by atoms with Gasteiger partial charge in [-0.2, -0.15) is 0 Å². The van der Waals surface area contributed by atoms with Crippen molar-refractivity contribution in [2.75, 3.05) is 11.5 Å². The van der Waals surface area contributed by atoms with Crippen LogP contribution in [0.2, 0.25) is 0 Å². The molecule has 1 aromatic rings. The number of rotatable bonds is 4. The summed E-state index contributed by atoms with van der Waals surface area (Å²) in [5.41, 5.74) is 1.08. The molecule has 1 aromatic carbocycles. The highest BCUT2D eigenvalue weighted by Crippen LogP contribution is 2.16. The molecule has 0 atom stereocenters. The number of hydrogen-bond acceptors (Lipinski definition) is 2. The largest absolute Gasteiger partial charge is 0.478 e. The van der Waals surface area contributed by atoms with Gasteiger partial charge in [0.2, 0.25) is 0 Å². The summed E-state index contributed by atoms with van der Waals surface area (Å²) >= 11 is 0. The molecule has 1 aliphatic heterocycles. The fraction of sp³-hybridized carbons (Fsp3) is 0.429. The van der Waals surface area contributed by atoms with Crippen LogP contribution in [0.4, 0.5) is 0 Å². The van der Waals surface area contributed by atoms with Crippen molar-refractivity contribution in [3.63, 3.8) is 0 Å². The molecule has 2 nitrogen and oxygen atoms in total. The molecule has 0 aliphatic carbocycles. The third kappa shape index (κ3) is 4.35. The van der Waals surface area contributed by atoms with Gasteiger partial charge in [-0.1, -0.05) is 30.3 Å². The maximum Gasteiger partial charge on any atom is 0.327 e. The molecule has 1 aliphatic rings. The van der Waals surface area contributed by atoms with E-state index in [4.69, 9.17) is 4.74 Å². The van der Waals surface area contributed by atoms with Crippen molar-refractivity contribution in [1.29, 1.82) is 0 Å². The number of benzene rings is 1. The number of ether oxygens (including phenoxy) is 1. The molecule has 0 bridgehead atoms. The molecule has 0 radical (unpaired) electrons. The van der Waals surface area contributed by atoms with Crippen molar-refractivity contribution in [3.05, 3.63) is 47.2 Å². The van der Waals surface area contributed by atoms with Crippen molar-refractivity contribution >= 4 is 10.9 Å². The topological polar surface area (TPSA) is 29.5 Å². The molecule has 1 N–H and O–H groups in total. The van der Waals surface area contributed by atoms with E-state index in [9.17, 15) is 5.11 Å². The standard InChI is InChI=1S/C14H18O2S/c15-14(12-17-9-5-2-6-10-17)16-11-13-7-3-1-4-8-13/h1,3-4,7-8,12H,2,5-6,9-11H2/p+1/b14-12-. The van der Waals surface area contributed by atoms with Crippen molar-refractivity contribution < 1.29 is 9.84 Å². The first-order valence-electron chi connectivity index (χ1n) is 6.08. The maximum absolute atomic E-state index is 9.71. The van der Waals surface area contributed by atoms with Gasteiger partial charge in [0.15, 0.2) is 5.41 Å². The smallest absolute Gasteiger partial charge is 0.327 e. The fourth-order valence-electron chi connectivity index (χ4n) is 1.88. The van der Waals surface area contributed by atoms with Crippen LogP contribution in [-0.2, 0) is 22.2 Å². The summed E-state index contributed by atoms with van der Waals surface area (Å²) in [6, 6.07) is 9.92. The first kappa shape index (κ1) is 12.4. The molecule has 2 rings (SSSR count). The van der Waals surface area contributed by atoms with Gasteiger partial charge in [0.25, 0.3) is 0 Å². The van der Waals surface area contributed by atoms with Gasteiger partial charge in [0, 0.05) is 10.9 Å². The Morgan fingerprint density at radius 3 is 2.59 bits per heavy atom. The molecule has 0 amide bonds. The predicted molar refractivity (Wildman–Crippen MR) is 72.9 cm³/mol. The summed E-state index contributed by atoms with van der Waals surface area (Å²) in [4.78, 5) is 0. The Morgan fingerprint density at radius 1 is 1.18 bits per heavy atom. The summed E-state index contributed by atoms with van der Waals surface area (Å²) in [5.74, 6) is 2.51. The van der Waals surface area contributed by atoms with Gasteiger partial charge in [0.05, 0.1) is 0 Å². The third-order valence-corrected chi connectivity index (χ3v) is 4.97. The molecular formula is C14H19O2S+. The Balaban J connectivity index is 1.80. The molecular weight excluding hydrogens is 232 g/mol. The molecule has 0 aromatic heterocycles. The zero-order valence-electron chi connectivity index (χ0n) is 9.97. The number of aliphatic hydroxyl groups excluding tert-OH is 1. The highest BCUT2D eigenvalue weighted by Gasteiger charge is 2.21. The van der Waals surface area contributed by atoms with Crippen LogP contribution < -0.4 is 0 Å². The quantitative estimate of drug-likeness (QED) is 0.657. The Kier molecular flexibility index (Phi) is 4.80. The average molecular weight is 251 g/mol. The van der Waals surface area contributed by atoms with E-state index in [0.717, 1.165) is 5.56 Å². The zero-order valence-corrected chi connectivity index (χ0v) is 10.8. The SMILES string of the molecule is O/C(=C/[S+]1CCCCC1)OCc1ccccc1. The molecule has 0 unspecified atom stereocenters. The number of aliphatic hydroxyl groups is 1. The molecule has 3 heteroatoms. The van der Waals surface area contributed by atoms with Crippen LogP contribution in [-0.4, -0.2) is 16.6 Å². The van der Waals surface area contributed by atoms with Crippen molar-refractivity contribution in [1.82, 2.24) is 0 Å². The highest BCUT2D eigenvalue weighted by atomic mass is 32.2.